The van der Waals surface area contributed by atoms with Crippen LogP contribution in [-0.4, -0.2) is 44.1 Å². The summed E-state index contributed by atoms with van der Waals surface area (Å²) in [7, 11) is -6.96. The molecule has 0 unspecified atom stereocenters. The Kier molecular flexibility index (Phi) is 5.03. The van der Waals surface area contributed by atoms with Gasteiger partial charge in [-0.3, -0.25) is 0 Å². The molecule has 0 amide bonds. The van der Waals surface area contributed by atoms with Crippen LogP contribution in [0.4, 0.5) is 13.2 Å². The van der Waals surface area contributed by atoms with Crippen LogP contribution in [-0.2, 0) is 25.9 Å². The molecule has 3 aromatic rings. The van der Waals surface area contributed by atoms with E-state index in [9.17, 15) is 30.0 Å². The Morgan fingerprint density at radius 3 is 1.66 bits per heavy atom. The SMILES string of the molecule is CS(=O)(=O)c1ccc(-c2nc(C(F)(F)F)nn2-c2ccc(S(C)(=O)=O)cc2)cc1. The Morgan fingerprint density at radius 1 is 0.793 bits per heavy atom. The first-order valence-corrected chi connectivity index (χ1v) is 11.7. The molecule has 1 heterocycles. The van der Waals surface area contributed by atoms with E-state index in [4.69, 9.17) is 0 Å². The van der Waals surface area contributed by atoms with Gasteiger partial charge in [-0.05, 0) is 48.5 Å². The molecule has 0 radical (unpaired) electrons. The van der Waals surface area contributed by atoms with Crippen molar-refractivity contribution >= 4 is 19.7 Å². The smallest absolute Gasteiger partial charge is 0.224 e. The van der Waals surface area contributed by atoms with Gasteiger partial charge in [0.15, 0.2) is 25.5 Å². The van der Waals surface area contributed by atoms with Gasteiger partial charge >= 0.3 is 6.18 Å². The third-order valence-corrected chi connectivity index (χ3v) is 6.17. The largest absolute Gasteiger partial charge is 0.453 e. The average molecular weight is 445 g/mol. The zero-order chi connectivity index (χ0) is 21.6. The van der Waals surface area contributed by atoms with Gasteiger partial charge in [0.1, 0.15) is 0 Å². The van der Waals surface area contributed by atoms with Crippen molar-refractivity contribution in [2.45, 2.75) is 16.0 Å². The predicted molar refractivity (Wildman–Crippen MR) is 98.0 cm³/mol. The quantitative estimate of drug-likeness (QED) is 0.612. The number of alkyl halides is 3. The molecular formula is C17H14F3N3O4S2. The third kappa shape index (κ3) is 4.48. The van der Waals surface area contributed by atoms with E-state index in [1.807, 2.05) is 0 Å². The van der Waals surface area contributed by atoms with Gasteiger partial charge in [0.25, 0.3) is 5.82 Å². The van der Waals surface area contributed by atoms with E-state index in [1.54, 1.807) is 0 Å². The molecule has 3 rings (SSSR count). The number of nitrogens with zero attached hydrogens (tertiary/aromatic N) is 3. The van der Waals surface area contributed by atoms with Crippen LogP contribution in [0.2, 0.25) is 0 Å². The maximum Gasteiger partial charge on any atom is 0.453 e. The second-order valence-corrected chi connectivity index (χ2v) is 10.3. The summed E-state index contributed by atoms with van der Waals surface area (Å²) in [5.41, 5.74) is 0.357. The zero-order valence-electron chi connectivity index (χ0n) is 15.0. The lowest BCUT2D eigenvalue weighted by Crippen LogP contribution is -2.08. The summed E-state index contributed by atoms with van der Waals surface area (Å²) >= 11 is 0. The van der Waals surface area contributed by atoms with Crippen LogP contribution in [0.1, 0.15) is 5.82 Å². The van der Waals surface area contributed by atoms with Gasteiger partial charge in [0.2, 0.25) is 0 Å². The molecule has 0 bridgehead atoms. The van der Waals surface area contributed by atoms with Crippen molar-refractivity contribution in [3.8, 4) is 17.1 Å². The average Bonchev–Trinajstić information content (AvgIpc) is 3.06. The molecule has 154 valence electrons. The first-order valence-electron chi connectivity index (χ1n) is 7.92. The second kappa shape index (κ2) is 6.95. The summed E-state index contributed by atoms with van der Waals surface area (Å²) < 4.78 is 86.7. The van der Waals surface area contributed by atoms with Crippen molar-refractivity contribution in [1.29, 1.82) is 0 Å². The van der Waals surface area contributed by atoms with E-state index in [0.29, 0.717) is 0 Å². The standard InChI is InChI=1S/C17H14F3N3O4S2/c1-28(24,25)13-7-3-11(4-8-13)15-21-16(17(18,19)20)22-23(15)12-5-9-14(10-6-12)29(2,26)27/h3-10H,1-2H3. The van der Waals surface area contributed by atoms with Crippen LogP contribution in [0.15, 0.2) is 58.3 Å². The van der Waals surface area contributed by atoms with Gasteiger partial charge in [-0.25, -0.2) is 26.5 Å². The summed E-state index contributed by atoms with van der Waals surface area (Å²) in [6, 6.07) is 10.3. The zero-order valence-corrected chi connectivity index (χ0v) is 16.7. The Hall–Kier alpha value is -2.73. The van der Waals surface area contributed by atoms with Gasteiger partial charge in [-0.15, -0.1) is 5.10 Å². The summed E-state index contributed by atoms with van der Waals surface area (Å²) in [6.45, 7) is 0. The van der Waals surface area contributed by atoms with E-state index in [0.717, 1.165) is 17.2 Å². The second-order valence-electron chi connectivity index (χ2n) is 6.23. The molecule has 12 heteroatoms. The Bertz CT molecular complexity index is 1170. The van der Waals surface area contributed by atoms with Crippen LogP contribution >= 0.6 is 0 Å². The molecule has 0 fully saturated rings. The fourth-order valence-corrected chi connectivity index (χ4v) is 3.75. The first kappa shape index (κ1) is 21.0. The molecule has 7 nitrogen and oxygen atoms in total. The van der Waals surface area contributed by atoms with Crippen LogP contribution < -0.4 is 0 Å². The minimum Gasteiger partial charge on any atom is -0.224 e. The number of benzene rings is 2. The summed E-state index contributed by atoms with van der Waals surface area (Å²) in [5.74, 6) is -1.56. The Balaban J connectivity index is 2.16. The molecule has 0 aliphatic rings. The highest BCUT2D eigenvalue weighted by molar-refractivity contribution is 7.91. The van der Waals surface area contributed by atoms with Crippen molar-refractivity contribution in [2.24, 2.45) is 0 Å². The molecule has 2 aromatic carbocycles. The van der Waals surface area contributed by atoms with Crippen molar-refractivity contribution in [3.05, 3.63) is 54.4 Å². The highest BCUT2D eigenvalue weighted by Crippen LogP contribution is 2.31. The van der Waals surface area contributed by atoms with Crippen molar-refractivity contribution in [3.63, 3.8) is 0 Å². The van der Waals surface area contributed by atoms with Gasteiger partial charge < -0.3 is 0 Å². The Morgan fingerprint density at radius 2 is 1.24 bits per heavy atom. The molecule has 0 aliphatic heterocycles. The van der Waals surface area contributed by atoms with Crippen molar-refractivity contribution in [2.75, 3.05) is 12.5 Å². The normalized spacial score (nSPS) is 12.9. The first-order chi connectivity index (χ1) is 13.3. The van der Waals surface area contributed by atoms with E-state index >= 15 is 0 Å². The molecule has 1 aromatic heterocycles. The number of hydrogen-bond acceptors (Lipinski definition) is 6. The lowest BCUT2D eigenvalue weighted by molar-refractivity contribution is -0.144. The van der Waals surface area contributed by atoms with Gasteiger partial charge in [0, 0.05) is 18.1 Å². The number of halogens is 3. The molecule has 0 aliphatic carbocycles. The molecule has 0 saturated carbocycles. The number of aromatic nitrogens is 3. The van der Waals surface area contributed by atoms with Crippen LogP contribution in [0, 0.1) is 0 Å². The summed E-state index contributed by atoms with van der Waals surface area (Å²) in [6.07, 6.45) is -2.79. The lowest BCUT2D eigenvalue weighted by Gasteiger charge is -2.07. The lowest BCUT2D eigenvalue weighted by atomic mass is 10.2. The van der Waals surface area contributed by atoms with Gasteiger partial charge in [0.05, 0.1) is 15.5 Å². The molecule has 0 N–H and O–H groups in total. The van der Waals surface area contributed by atoms with Crippen LogP contribution in [0.25, 0.3) is 17.1 Å². The van der Waals surface area contributed by atoms with E-state index in [-0.39, 0.29) is 26.9 Å². The van der Waals surface area contributed by atoms with E-state index in [1.165, 1.54) is 48.5 Å². The summed E-state index contributed by atoms with van der Waals surface area (Å²) in [4.78, 5) is 3.55. The number of sulfone groups is 2. The van der Waals surface area contributed by atoms with Gasteiger partial charge in [-0.2, -0.15) is 13.2 Å². The summed E-state index contributed by atoms with van der Waals surface area (Å²) in [5, 5.41) is 3.50. The maximum atomic E-state index is 13.2. The fourth-order valence-electron chi connectivity index (χ4n) is 2.48. The van der Waals surface area contributed by atoms with Crippen LogP contribution in [0.3, 0.4) is 0 Å². The third-order valence-electron chi connectivity index (χ3n) is 3.91. The van der Waals surface area contributed by atoms with Crippen LogP contribution in [0.5, 0.6) is 0 Å². The molecule has 29 heavy (non-hydrogen) atoms. The monoisotopic (exact) mass is 445 g/mol. The number of hydrogen-bond donors (Lipinski definition) is 0. The minimum absolute atomic E-state index is 0.000801. The van der Waals surface area contributed by atoms with Crippen molar-refractivity contribution < 1.29 is 30.0 Å². The molecule has 0 spiro atoms. The van der Waals surface area contributed by atoms with E-state index in [2.05, 4.69) is 10.1 Å². The van der Waals surface area contributed by atoms with Gasteiger partial charge in [-0.1, -0.05) is 0 Å². The topological polar surface area (TPSA) is 99.0 Å². The van der Waals surface area contributed by atoms with Crippen molar-refractivity contribution in [1.82, 2.24) is 14.8 Å². The predicted octanol–water partition coefficient (Wildman–Crippen LogP) is 2.76. The molecular weight excluding hydrogens is 431 g/mol. The Labute approximate surface area is 164 Å². The molecule has 0 atom stereocenters. The molecule has 0 saturated heterocycles. The fraction of sp³-hybridized carbons (Fsp3) is 0.176. The maximum absolute atomic E-state index is 13.2. The highest BCUT2D eigenvalue weighted by atomic mass is 32.2. The number of rotatable bonds is 4. The highest BCUT2D eigenvalue weighted by Gasteiger charge is 2.37. The van der Waals surface area contributed by atoms with E-state index < -0.39 is 31.7 Å². The minimum atomic E-state index is -4.81.